The van der Waals surface area contributed by atoms with E-state index in [0.717, 1.165) is 36.1 Å². The highest BCUT2D eigenvalue weighted by atomic mass is 16.5. The van der Waals surface area contributed by atoms with E-state index in [1.54, 1.807) is 0 Å². The Hall–Kier alpha value is -1.06. The average molecular weight is 235 g/mol. The first-order valence-corrected chi connectivity index (χ1v) is 6.29. The Balaban J connectivity index is 2.21. The van der Waals surface area contributed by atoms with Gasteiger partial charge in [0.1, 0.15) is 11.9 Å². The Kier molecular flexibility index (Phi) is 3.69. The molecule has 0 spiro atoms. The normalized spacial score (nSPS) is 25.9. The van der Waals surface area contributed by atoms with Gasteiger partial charge in [0.15, 0.2) is 0 Å². The highest BCUT2D eigenvalue weighted by molar-refractivity contribution is 5.39. The summed E-state index contributed by atoms with van der Waals surface area (Å²) in [5, 5.41) is 9.79. The maximum Gasteiger partial charge on any atom is 0.124 e. The predicted octanol–water partition coefficient (Wildman–Crippen LogP) is 2.31. The molecule has 0 amide bonds. The maximum absolute atomic E-state index is 9.79. The van der Waals surface area contributed by atoms with Gasteiger partial charge < -0.3 is 15.6 Å². The van der Waals surface area contributed by atoms with E-state index in [4.69, 9.17) is 10.5 Å². The third-order valence-electron chi connectivity index (χ3n) is 3.36. The molecule has 3 atom stereocenters. The highest BCUT2D eigenvalue weighted by Crippen LogP contribution is 2.30. The van der Waals surface area contributed by atoms with Crippen molar-refractivity contribution < 1.29 is 9.84 Å². The number of benzene rings is 1. The van der Waals surface area contributed by atoms with Crippen LogP contribution in [0, 0.1) is 6.92 Å². The first-order valence-electron chi connectivity index (χ1n) is 6.29. The molecule has 3 heteroatoms. The van der Waals surface area contributed by atoms with Crippen molar-refractivity contribution in [2.45, 2.75) is 51.4 Å². The summed E-state index contributed by atoms with van der Waals surface area (Å²) in [6, 6.07) is 6.00. The van der Waals surface area contributed by atoms with Crippen molar-refractivity contribution in [2.75, 3.05) is 0 Å². The van der Waals surface area contributed by atoms with E-state index in [0.29, 0.717) is 0 Å². The molecule has 2 rings (SSSR count). The molecule has 1 saturated carbocycles. The van der Waals surface area contributed by atoms with Crippen LogP contribution in [0.1, 0.15) is 43.4 Å². The Labute approximate surface area is 103 Å². The Morgan fingerprint density at radius 3 is 2.76 bits per heavy atom. The van der Waals surface area contributed by atoms with Crippen LogP contribution in [0.25, 0.3) is 0 Å². The fraction of sp³-hybridized carbons (Fsp3) is 0.571. The van der Waals surface area contributed by atoms with Crippen molar-refractivity contribution in [1.29, 1.82) is 0 Å². The fourth-order valence-corrected chi connectivity index (χ4v) is 2.33. The molecule has 1 fully saturated rings. The van der Waals surface area contributed by atoms with E-state index in [-0.39, 0.29) is 18.2 Å². The van der Waals surface area contributed by atoms with Gasteiger partial charge in [-0.1, -0.05) is 12.1 Å². The lowest BCUT2D eigenvalue weighted by Gasteiger charge is -2.21. The monoisotopic (exact) mass is 235 g/mol. The fourth-order valence-electron chi connectivity index (χ4n) is 2.33. The standard InChI is InChI=1S/C14H21NO2/c1-9-6-7-11(10(2)15)14(8-9)17-13-5-3-4-12(13)16/h6-8,10,12-13,16H,3-5,15H2,1-2H3. The van der Waals surface area contributed by atoms with Crippen molar-refractivity contribution in [2.24, 2.45) is 5.73 Å². The summed E-state index contributed by atoms with van der Waals surface area (Å²) in [7, 11) is 0. The number of hydrogen-bond acceptors (Lipinski definition) is 3. The zero-order valence-electron chi connectivity index (χ0n) is 10.5. The summed E-state index contributed by atoms with van der Waals surface area (Å²) in [5.74, 6) is 0.825. The molecule has 0 saturated heterocycles. The zero-order chi connectivity index (χ0) is 12.4. The van der Waals surface area contributed by atoms with Crippen LogP contribution in [-0.2, 0) is 0 Å². The number of nitrogens with two attached hydrogens (primary N) is 1. The van der Waals surface area contributed by atoms with Gasteiger partial charge in [-0.05, 0) is 44.7 Å². The van der Waals surface area contributed by atoms with Gasteiger partial charge in [-0.25, -0.2) is 0 Å². The van der Waals surface area contributed by atoms with Crippen molar-refractivity contribution in [1.82, 2.24) is 0 Å². The Morgan fingerprint density at radius 1 is 1.41 bits per heavy atom. The van der Waals surface area contributed by atoms with Gasteiger partial charge in [0.05, 0.1) is 6.10 Å². The van der Waals surface area contributed by atoms with Crippen molar-refractivity contribution >= 4 is 0 Å². The minimum absolute atomic E-state index is 0.0517. The van der Waals surface area contributed by atoms with Crippen LogP contribution in [0.2, 0.25) is 0 Å². The summed E-state index contributed by atoms with van der Waals surface area (Å²) in [4.78, 5) is 0. The molecule has 0 heterocycles. The molecular formula is C14H21NO2. The van der Waals surface area contributed by atoms with Gasteiger partial charge in [0.2, 0.25) is 0 Å². The molecular weight excluding hydrogens is 214 g/mol. The smallest absolute Gasteiger partial charge is 0.124 e. The number of aliphatic hydroxyl groups excluding tert-OH is 1. The van der Waals surface area contributed by atoms with Gasteiger partial charge in [0.25, 0.3) is 0 Å². The van der Waals surface area contributed by atoms with Gasteiger partial charge >= 0.3 is 0 Å². The number of aryl methyl sites for hydroxylation is 1. The number of ether oxygens (including phenoxy) is 1. The summed E-state index contributed by atoms with van der Waals surface area (Å²) in [5.41, 5.74) is 8.09. The van der Waals surface area contributed by atoms with Gasteiger partial charge in [-0.2, -0.15) is 0 Å². The third-order valence-corrected chi connectivity index (χ3v) is 3.36. The molecule has 0 radical (unpaired) electrons. The maximum atomic E-state index is 9.79. The second-order valence-corrected chi connectivity index (χ2v) is 4.98. The minimum atomic E-state index is -0.337. The highest BCUT2D eigenvalue weighted by Gasteiger charge is 2.27. The Bertz CT molecular complexity index is 390. The molecule has 3 unspecified atom stereocenters. The van der Waals surface area contributed by atoms with Gasteiger partial charge in [0, 0.05) is 11.6 Å². The van der Waals surface area contributed by atoms with Crippen LogP contribution in [0.4, 0.5) is 0 Å². The number of aliphatic hydroxyl groups is 1. The SMILES string of the molecule is Cc1ccc(C(C)N)c(OC2CCCC2O)c1. The van der Waals surface area contributed by atoms with Gasteiger partial charge in [-0.15, -0.1) is 0 Å². The summed E-state index contributed by atoms with van der Waals surface area (Å²) >= 11 is 0. The molecule has 1 aromatic rings. The van der Waals surface area contributed by atoms with E-state index in [2.05, 4.69) is 0 Å². The number of hydrogen-bond donors (Lipinski definition) is 2. The van der Waals surface area contributed by atoms with Crippen LogP contribution < -0.4 is 10.5 Å². The van der Waals surface area contributed by atoms with E-state index < -0.39 is 0 Å². The zero-order valence-corrected chi connectivity index (χ0v) is 10.5. The van der Waals surface area contributed by atoms with Crippen molar-refractivity contribution in [3.8, 4) is 5.75 Å². The van der Waals surface area contributed by atoms with Crippen molar-refractivity contribution in [3.63, 3.8) is 0 Å². The first-order chi connectivity index (χ1) is 8.08. The second-order valence-electron chi connectivity index (χ2n) is 4.98. The summed E-state index contributed by atoms with van der Waals surface area (Å²) in [6.07, 6.45) is 2.38. The molecule has 17 heavy (non-hydrogen) atoms. The van der Waals surface area contributed by atoms with Crippen LogP contribution in [0.3, 0.4) is 0 Å². The molecule has 3 nitrogen and oxygen atoms in total. The summed E-state index contributed by atoms with van der Waals surface area (Å²) < 4.78 is 5.93. The van der Waals surface area contributed by atoms with Crippen LogP contribution in [0.15, 0.2) is 18.2 Å². The summed E-state index contributed by atoms with van der Waals surface area (Å²) in [6.45, 7) is 3.98. The quantitative estimate of drug-likeness (QED) is 0.845. The third kappa shape index (κ3) is 2.79. The molecule has 1 aromatic carbocycles. The average Bonchev–Trinajstić information content (AvgIpc) is 2.64. The molecule has 3 N–H and O–H groups in total. The minimum Gasteiger partial charge on any atom is -0.487 e. The largest absolute Gasteiger partial charge is 0.487 e. The van der Waals surface area contributed by atoms with Gasteiger partial charge in [-0.3, -0.25) is 0 Å². The molecule has 0 aliphatic heterocycles. The van der Waals surface area contributed by atoms with Crippen LogP contribution in [0.5, 0.6) is 5.75 Å². The van der Waals surface area contributed by atoms with E-state index in [9.17, 15) is 5.11 Å². The Morgan fingerprint density at radius 2 is 2.18 bits per heavy atom. The molecule has 1 aliphatic rings. The van der Waals surface area contributed by atoms with E-state index in [1.165, 1.54) is 0 Å². The lowest BCUT2D eigenvalue weighted by Crippen LogP contribution is -2.26. The van der Waals surface area contributed by atoms with Crippen LogP contribution in [-0.4, -0.2) is 17.3 Å². The molecule has 94 valence electrons. The second kappa shape index (κ2) is 5.07. The van der Waals surface area contributed by atoms with E-state index >= 15 is 0 Å². The molecule has 0 aromatic heterocycles. The lowest BCUT2D eigenvalue weighted by molar-refractivity contribution is 0.0595. The molecule has 1 aliphatic carbocycles. The topological polar surface area (TPSA) is 55.5 Å². The van der Waals surface area contributed by atoms with Crippen LogP contribution >= 0.6 is 0 Å². The predicted molar refractivity (Wildman–Crippen MR) is 68.1 cm³/mol. The number of rotatable bonds is 3. The van der Waals surface area contributed by atoms with Crippen molar-refractivity contribution in [3.05, 3.63) is 29.3 Å². The van der Waals surface area contributed by atoms with E-state index in [1.807, 2.05) is 32.0 Å². The first kappa shape index (κ1) is 12.4. The molecule has 0 bridgehead atoms. The lowest BCUT2D eigenvalue weighted by atomic mass is 10.1.